The van der Waals surface area contributed by atoms with Crippen LogP contribution in [0.5, 0.6) is 0 Å². The molecule has 21 heavy (non-hydrogen) atoms. The lowest BCUT2D eigenvalue weighted by molar-refractivity contribution is -0.134. The first-order valence-electron chi connectivity index (χ1n) is 6.70. The monoisotopic (exact) mass is 309 g/mol. The molecule has 5 nitrogen and oxygen atoms in total. The van der Waals surface area contributed by atoms with Crippen LogP contribution in [-0.4, -0.2) is 35.0 Å². The second-order valence-corrected chi connectivity index (χ2v) is 6.86. The molecule has 1 aromatic rings. The predicted molar refractivity (Wildman–Crippen MR) is 81.4 cm³/mol. The number of esters is 2. The highest BCUT2D eigenvalue weighted by atomic mass is 32.2. The number of ether oxygens (including phenoxy) is 2. The molecule has 0 N–H and O–H groups in total. The fraction of sp³-hybridized carbons (Fsp3) is 0.467. The molecule has 0 aliphatic carbocycles. The summed E-state index contributed by atoms with van der Waals surface area (Å²) < 4.78 is 11.4. The highest BCUT2D eigenvalue weighted by Gasteiger charge is 2.39. The Kier molecular flexibility index (Phi) is 4.18. The third kappa shape index (κ3) is 2.72. The highest BCUT2D eigenvalue weighted by molar-refractivity contribution is 8.01. The van der Waals surface area contributed by atoms with Crippen LogP contribution in [0.3, 0.4) is 0 Å². The second-order valence-electron chi connectivity index (χ2n) is 5.25. The summed E-state index contributed by atoms with van der Waals surface area (Å²) in [6, 6.07) is 0. The fourth-order valence-corrected chi connectivity index (χ4v) is 3.68. The largest absolute Gasteiger partial charge is 0.466 e. The fourth-order valence-electron chi connectivity index (χ4n) is 2.33. The molecule has 2 heterocycles. The molecule has 1 aliphatic heterocycles. The zero-order valence-electron chi connectivity index (χ0n) is 12.9. The van der Waals surface area contributed by atoms with E-state index in [2.05, 4.69) is 0 Å². The number of fused-ring (bicyclic) bond motifs is 1. The van der Waals surface area contributed by atoms with E-state index in [4.69, 9.17) is 9.47 Å². The minimum absolute atomic E-state index is 0.321. The van der Waals surface area contributed by atoms with Crippen LogP contribution in [0, 0.1) is 6.92 Å². The van der Waals surface area contributed by atoms with Crippen molar-refractivity contribution in [1.29, 1.82) is 0 Å². The van der Waals surface area contributed by atoms with Crippen molar-refractivity contribution in [2.75, 3.05) is 13.7 Å². The number of aromatic nitrogens is 1. The number of nitrogens with zero attached hydrogens (tertiary/aromatic N) is 1. The second kappa shape index (κ2) is 5.60. The smallest absolute Gasteiger partial charge is 0.341 e. The Bertz CT molecular complexity index is 628. The number of carbonyl (C=O) groups excluding carboxylic acids is 2. The number of aryl methyl sites for hydroxylation is 1. The lowest BCUT2D eigenvalue weighted by Gasteiger charge is -2.18. The van der Waals surface area contributed by atoms with Crippen molar-refractivity contribution in [2.45, 2.75) is 37.5 Å². The van der Waals surface area contributed by atoms with Crippen LogP contribution in [0.25, 0.3) is 5.70 Å². The molecule has 1 aliphatic rings. The Morgan fingerprint density at radius 1 is 1.43 bits per heavy atom. The molecule has 6 heteroatoms. The molecule has 1 aromatic heterocycles. The van der Waals surface area contributed by atoms with Crippen LogP contribution in [0.2, 0.25) is 0 Å². The van der Waals surface area contributed by atoms with Crippen LogP contribution in [0.1, 0.15) is 36.7 Å². The SMILES string of the molecule is CCOC(=O)c1c(C)cn2c1SC(C)(C)C2=CC(=O)OC. The molecule has 0 atom stereocenters. The standard InChI is InChI=1S/C15H19NO4S/c1-6-20-14(18)12-9(2)8-16-10(7-11(17)19-5)15(3,4)21-13(12)16/h7-8H,6H2,1-5H3. The topological polar surface area (TPSA) is 57.5 Å². The maximum Gasteiger partial charge on any atom is 0.341 e. The van der Waals surface area contributed by atoms with E-state index < -0.39 is 5.97 Å². The first kappa shape index (κ1) is 15.7. The molecule has 0 amide bonds. The van der Waals surface area contributed by atoms with E-state index in [1.165, 1.54) is 13.2 Å². The molecule has 0 saturated carbocycles. The summed E-state index contributed by atoms with van der Waals surface area (Å²) >= 11 is 1.54. The molecule has 0 spiro atoms. The van der Waals surface area contributed by atoms with Crippen molar-refractivity contribution in [3.8, 4) is 0 Å². The molecule has 114 valence electrons. The Labute approximate surface area is 128 Å². The van der Waals surface area contributed by atoms with Gasteiger partial charge in [-0.25, -0.2) is 9.59 Å². The van der Waals surface area contributed by atoms with Gasteiger partial charge in [-0.05, 0) is 33.3 Å². The Balaban J connectivity index is 2.54. The molecule has 0 saturated heterocycles. The number of rotatable bonds is 3. The van der Waals surface area contributed by atoms with Crippen molar-refractivity contribution >= 4 is 29.4 Å². The maximum absolute atomic E-state index is 12.1. The summed E-state index contributed by atoms with van der Waals surface area (Å²) in [5.74, 6) is -0.734. The molecule has 0 radical (unpaired) electrons. The molecular weight excluding hydrogens is 290 g/mol. The van der Waals surface area contributed by atoms with Crippen molar-refractivity contribution in [2.24, 2.45) is 0 Å². The molecule has 0 fully saturated rings. The van der Waals surface area contributed by atoms with Crippen molar-refractivity contribution in [3.63, 3.8) is 0 Å². The Morgan fingerprint density at radius 3 is 2.67 bits per heavy atom. The van der Waals surface area contributed by atoms with Gasteiger partial charge >= 0.3 is 11.9 Å². The van der Waals surface area contributed by atoms with E-state index in [-0.39, 0.29) is 10.7 Å². The first-order chi connectivity index (χ1) is 9.81. The van der Waals surface area contributed by atoms with E-state index in [9.17, 15) is 9.59 Å². The van der Waals surface area contributed by atoms with E-state index in [0.717, 1.165) is 16.3 Å². The summed E-state index contributed by atoms with van der Waals surface area (Å²) in [7, 11) is 1.35. The molecule has 2 rings (SSSR count). The van der Waals surface area contributed by atoms with Gasteiger partial charge in [0.05, 0.1) is 29.1 Å². The molecular formula is C15H19NO4S. The third-order valence-corrected chi connectivity index (χ3v) is 4.63. The number of carbonyl (C=O) groups is 2. The average Bonchev–Trinajstić information content (AvgIpc) is 2.82. The average molecular weight is 309 g/mol. The summed E-state index contributed by atoms with van der Waals surface area (Å²) in [5, 5.41) is 0.811. The number of hydrogen-bond acceptors (Lipinski definition) is 5. The zero-order valence-corrected chi connectivity index (χ0v) is 13.7. The quantitative estimate of drug-likeness (QED) is 0.635. The lowest BCUT2D eigenvalue weighted by atomic mass is 10.1. The minimum atomic E-state index is -0.407. The van der Waals surface area contributed by atoms with Gasteiger partial charge in [0, 0.05) is 18.0 Å². The van der Waals surface area contributed by atoms with Gasteiger partial charge < -0.3 is 14.0 Å². The van der Waals surface area contributed by atoms with Gasteiger partial charge in [-0.3, -0.25) is 0 Å². The Hall–Kier alpha value is -1.69. The minimum Gasteiger partial charge on any atom is -0.466 e. The molecule has 0 bridgehead atoms. The highest BCUT2D eigenvalue weighted by Crippen LogP contribution is 2.50. The van der Waals surface area contributed by atoms with Crippen LogP contribution in [0.15, 0.2) is 17.3 Å². The molecule has 0 aromatic carbocycles. The van der Waals surface area contributed by atoms with Crippen LogP contribution in [0.4, 0.5) is 0 Å². The van der Waals surface area contributed by atoms with Gasteiger partial charge in [0.15, 0.2) is 0 Å². The maximum atomic E-state index is 12.1. The van der Waals surface area contributed by atoms with Crippen molar-refractivity contribution in [3.05, 3.63) is 23.4 Å². The number of hydrogen-bond donors (Lipinski definition) is 0. The third-order valence-electron chi connectivity index (χ3n) is 3.31. The summed E-state index contributed by atoms with van der Waals surface area (Å²) in [4.78, 5) is 23.7. The number of thioether (sulfide) groups is 1. The molecule has 0 unspecified atom stereocenters. The van der Waals surface area contributed by atoms with Gasteiger partial charge in [-0.15, -0.1) is 0 Å². The number of methoxy groups -OCH3 is 1. The van der Waals surface area contributed by atoms with Gasteiger partial charge in [-0.1, -0.05) is 11.8 Å². The first-order valence-corrected chi connectivity index (χ1v) is 7.52. The van der Waals surface area contributed by atoms with Gasteiger partial charge in [-0.2, -0.15) is 0 Å². The normalized spacial score (nSPS) is 17.7. The summed E-state index contributed by atoms with van der Waals surface area (Å²) in [6.45, 7) is 7.99. The van der Waals surface area contributed by atoms with Gasteiger partial charge in [0.25, 0.3) is 0 Å². The van der Waals surface area contributed by atoms with Crippen LogP contribution >= 0.6 is 11.8 Å². The Morgan fingerprint density at radius 2 is 2.10 bits per heavy atom. The lowest BCUT2D eigenvalue weighted by Crippen LogP contribution is -2.16. The van der Waals surface area contributed by atoms with Crippen molar-refractivity contribution in [1.82, 2.24) is 4.57 Å². The van der Waals surface area contributed by atoms with E-state index in [1.54, 1.807) is 18.7 Å². The van der Waals surface area contributed by atoms with Crippen molar-refractivity contribution < 1.29 is 19.1 Å². The van der Waals surface area contributed by atoms with Gasteiger partial charge in [0.1, 0.15) is 0 Å². The summed E-state index contributed by atoms with van der Waals surface area (Å²) in [6.07, 6.45) is 3.33. The van der Waals surface area contributed by atoms with Crippen LogP contribution < -0.4 is 0 Å². The zero-order chi connectivity index (χ0) is 15.8. The van der Waals surface area contributed by atoms with E-state index in [0.29, 0.717) is 12.2 Å². The van der Waals surface area contributed by atoms with E-state index >= 15 is 0 Å². The summed E-state index contributed by atoms with van der Waals surface area (Å²) in [5.41, 5.74) is 2.21. The van der Waals surface area contributed by atoms with Gasteiger partial charge in [0.2, 0.25) is 0 Å². The predicted octanol–water partition coefficient (Wildman–Crippen LogP) is 2.87. The van der Waals surface area contributed by atoms with E-state index in [1.807, 2.05) is 31.5 Å². The van der Waals surface area contributed by atoms with Crippen LogP contribution in [-0.2, 0) is 14.3 Å².